The number of rotatable bonds is 4. The normalized spacial score (nSPS) is 12.9. The Kier molecular flexibility index (Phi) is 4.15. The zero-order chi connectivity index (χ0) is 11.4. The maximum atomic E-state index is 11.9. The van der Waals surface area contributed by atoms with Crippen molar-refractivity contribution in [2.75, 3.05) is 11.2 Å². The van der Waals surface area contributed by atoms with Crippen molar-refractivity contribution in [1.29, 1.82) is 0 Å². The molecule has 1 heterocycles. The van der Waals surface area contributed by atoms with E-state index in [1.54, 1.807) is 17.0 Å². The maximum absolute atomic E-state index is 11.9. The summed E-state index contributed by atoms with van der Waals surface area (Å²) < 4.78 is 1.64. The van der Waals surface area contributed by atoms with Crippen LogP contribution in [0, 0.1) is 0 Å². The molecule has 1 aromatic heterocycles. The molecule has 0 saturated heterocycles. The van der Waals surface area contributed by atoms with Crippen LogP contribution in [0.25, 0.3) is 0 Å². The van der Waals surface area contributed by atoms with E-state index in [0.717, 1.165) is 0 Å². The number of aromatic nitrogens is 2. The summed E-state index contributed by atoms with van der Waals surface area (Å²) in [5.74, 6) is 0.803. The topological polar surface area (TPSA) is 46.9 Å². The summed E-state index contributed by atoms with van der Waals surface area (Å²) in [6, 6.07) is 0.169. The Morgan fingerprint density at radius 3 is 2.73 bits per heavy atom. The van der Waals surface area contributed by atoms with Crippen LogP contribution in [0.1, 0.15) is 26.8 Å². The van der Waals surface area contributed by atoms with Crippen molar-refractivity contribution >= 4 is 17.4 Å². The van der Waals surface area contributed by atoms with E-state index in [1.165, 1.54) is 0 Å². The average molecular weight is 230 g/mol. The lowest BCUT2D eigenvalue weighted by Gasteiger charge is -2.14. The van der Waals surface area contributed by atoms with E-state index in [9.17, 15) is 4.79 Å². The van der Waals surface area contributed by atoms with Crippen LogP contribution in [-0.4, -0.2) is 21.5 Å². The molecule has 0 spiro atoms. The van der Waals surface area contributed by atoms with Crippen LogP contribution >= 0.6 is 11.6 Å². The summed E-state index contributed by atoms with van der Waals surface area (Å²) in [4.78, 5) is 15.9. The van der Waals surface area contributed by atoms with Crippen LogP contribution in [0.4, 0.5) is 5.82 Å². The van der Waals surface area contributed by atoms with Gasteiger partial charge in [0.25, 0.3) is 5.56 Å². The van der Waals surface area contributed by atoms with Crippen molar-refractivity contribution < 1.29 is 0 Å². The van der Waals surface area contributed by atoms with Crippen LogP contribution < -0.4 is 10.9 Å². The van der Waals surface area contributed by atoms with E-state index < -0.39 is 0 Å². The van der Waals surface area contributed by atoms with Gasteiger partial charge in [-0.15, -0.1) is 11.6 Å². The highest BCUT2D eigenvalue weighted by Crippen LogP contribution is 2.03. The van der Waals surface area contributed by atoms with Crippen molar-refractivity contribution in [2.24, 2.45) is 0 Å². The van der Waals surface area contributed by atoms with Gasteiger partial charge in [-0.05, 0) is 20.8 Å². The average Bonchev–Trinajstić information content (AvgIpc) is 2.20. The van der Waals surface area contributed by atoms with E-state index in [1.807, 2.05) is 20.8 Å². The predicted molar refractivity (Wildman–Crippen MR) is 62.7 cm³/mol. The van der Waals surface area contributed by atoms with E-state index in [4.69, 9.17) is 11.6 Å². The van der Waals surface area contributed by atoms with Gasteiger partial charge in [0, 0.05) is 30.4 Å². The van der Waals surface area contributed by atoms with E-state index in [2.05, 4.69) is 10.3 Å². The van der Waals surface area contributed by atoms with Gasteiger partial charge in [0.1, 0.15) is 0 Å². The number of nitrogens with one attached hydrogen (secondary N) is 1. The van der Waals surface area contributed by atoms with Gasteiger partial charge in [0.15, 0.2) is 5.82 Å². The molecule has 1 unspecified atom stereocenters. The number of anilines is 1. The molecular weight excluding hydrogens is 214 g/mol. The lowest BCUT2D eigenvalue weighted by atomic mass is 10.3. The van der Waals surface area contributed by atoms with Gasteiger partial charge in [-0.1, -0.05) is 0 Å². The van der Waals surface area contributed by atoms with Gasteiger partial charge in [0.2, 0.25) is 0 Å². The summed E-state index contributed by atoms with van der Waals surface area (Å²) >= 11 is 5.66. The SMILES string of the molecule is CC(CCl)Nc1nccn(C(C)C)c1=O. The second-order valence-electron chi connectivity index (χ2n) is 3.78. The van der Waals surface area contributed by atoms with Crippen LogP contribution in [-0.2, 0) is 0 Å². The molecule has 0 aliphatic rings. The number of hydrogen-bond donors (Lipinski definition) is 1. The summed E-state index contributed by atoms with van der Waals surface area (Å²) in [5, 5.41) is 2.98. The molecule has 15 heavy (non-hydrogen) atoms. The number of alkyl halides is 1. The highest BCUT2D eigenvalue weighted by molar-refractivity contribution is 6.18. The van der Waals surface area contributed by atoms with Crippen LogP contribution in [0.15, 0.2) is 17.2 Å². The number of hydrogen-bond acceptors (Lipinski definition) is 3. The first-order chi connectivity index (χ1) is 7.06. The Morgan fingerprint density at radius 1 is 1.53 bits per heavy atom. The molecule has 84 valence electrons. The molecular formula is C10H16ClN3O. The Balaban J connectivity index is 3.00. The lowest BCUT2D eigenvalue weighted by Crippen LogP contribution is -2.29. The molecule has 0 aromatic carbocycles. The molecule has 0 radical (unpaired) electrons. The summed E-state index contributed by atoms with van der Waals surface area (Å²) in [7, 11) is 0. The minimum atomic E-state index is -0.107. The second kappa shape index (κ2) is 5.16. The molecule has 1 atom stereocenters. The van der Waals surface area contributed by atoms with Gasteiger partial charge in [-0.3, -0.25) is 4.79 Å². The fourth-order valence-electron chi connectivity index (χ4n) is 1.20. The smallest absolute Gasteiger partial charge is 0.293 e. The fourth-order valence-corrected chi connectivity index (χ4v) is 1.28. The monoisotopic (exact) mass is 229 g/mol. The third-order valence-electron chi connectivity index (χ3n) is 2.04. The molecule has 0 fully saturated rings. The summed E-state index contributed by atoms with van der Waals surface area (Å²) in [5.41, 5.74) is -0.107. The number of nitrogens with zero attached hydrogens (tertiary/aromatic N) is 2. The van der Waals surface area contributed by atoms with Gasteiger partial charge < -0.3 is 9.88 Å². The minimum absolute atomic E-state index is 0.0369. The zero-order valence-electron chi connectivity index (χ0n) is 9.20. The molecule has 0 bridgehead atoms. The standard InChI is InChI=1S/C10H16ClN3O/c1-7(2)14-5-4-12-9(10(14)15)13-8(3)6-11/h4-5,7-8H,6H2,1-3H3,(H,12,13). The van der Waals surface area contributed by atoms with E-state index in [-0.39, 0.29) is 17.6 Å². The van der Waals surface area contributed by atoms with Crippen LogP contribution in [0.5, 0.6) is 0 Å². The van der Waals surface area contributed by atoms with Crippen molar-refractivity contribution in [3.8, 4) is 0 Å². The summed E-state index contributed by atoms with van der Waals surface area (Å²) in [6.07, 6.45) is 3.30. The lowest BCUT2D eigenvalue weighted by molar-refractivity contribution is 0.574. The quantitative estimate of drug-likeness (QED) is 0.802. The second-order valence-corrected chi connectivity index (χ2v) is 4.09. The van der Waals surface area contributed by atoms with E-state index in [0.29, 0.717) is 11.7 Å². The van der Waals surface area contributed by atoms with Crippen LogP contribution in [0.2, 0.25) is 0 Å². The number of halogens is 1. The van der Waals surface area contributed by atoms with Gasteiger partial charge in [-0.25, -0.2) is 4.98 Å². The van der Waals surface area contributed by atoms with Gasteiger partial charge in [0.05, 0.1) is 0 Å². The Labute approximate surface area is 94.3 Å². The van der Waals surface area contributed by atoms with Crippen molar-refractivity contribution in [1.82, 2.24) is 9.55 Å². The third-order valence-corrected chi connectivity index (χ3v) is 2.50. The molecule has 5 heteroatoms. The first kappa shape index (κ1) is 12.0. The largest absolute Gasteiger partial charge is 0.362 e. The third kappa shape index (κ3) is 2.96. The van der Waals surface area contributed by atoms with Crippen molar-refractivity contribution in [3.05, 3.63) is 22.7 Å². The first-order valence-electron chi connectivity index (χ1n) is 4.96. The maximum Gasteiger partial charge on any atom is 0.293 e. The Morgan fingerprint density at radius 2 is 2.20 bits per heavy atom. The van der Waals surface area contributed by atoms with Gasteiger partial charge in [-0.2, -0.15) is 0 Å². The molecule has 1 N–H and O–H groups in total. The highest BCUT2D eigenvalue weighted by Gasteiger charge is 2.08. The van der Waals surface area contributed by atoms with Crippen molar-refractivity contribution in [3.63, 3.8) is 0 Å². The Hall–Kier alpha value is -1.03. The Bertz CT molecular complexity index is 375. The van der Waals surface area contributed by atoms with Gasteiger partial charge >= 0.3 is 0 Å². The van der Waals surface area contributed by atoms with E-state index >= 15 is 0 Å². The first-order valence-corrected chi connectivity index (χ1v) is 5.49. The molecule has 4 nitrogen and oxygen atoms in total. The van der Waals surface area contributed by atoms with Crippen molar-refractivity contribution in [2.45, 2.75) is 32.9 Å². The molecule has 0 amide bonds. The summed E-state index contributed by atoms with van der Waals surface area (Å²) in [6.45, 7) is 5.81. The van der Waals surface area contributed by atoms with Crippen LogP contribution in [0.3, 0.4) is 0 Å². The molecule has 1 aromatic rings. The molecule has 0 saturated carbocycles. The molecule has 0 aliphatic carbocycles. The predicted octanol–water partition coefficient (Wildman–Crippen LogP) is 1.86. The molecule has 0 aliphatic heterocycles. The zero-order valence-corrected chi connectivity index (χ0v) is 9.95. The minimum Gasteiger partial charge on any atom is -0.362 e. The fraction of sp³-hybridized carbons (Fsp3) is 0.600. The highest BCUT2D eigenvalue weighted by atomic mass is 35.5. The molecule has 1 rings (SSSR count).